The predicted molar refractivity (Wildman–Crippen MR) is 104 cm³/mol. The van der Waals surface area contributed by atoms with Crippen molar-refractivity contribution in [2.24, 2.45) is 5.92 Å². The van der Waals surface area contributed by atoms with Gasteiger partial charge < -0.3 is 10.2 Å². The summed E-state index contributed by atoms with van der Waals surface area (Å²) in [5, 5.41) is 5.13. The Morgan fingerprint density at radius 3 is 2.65 bits per heavy atom. The zero-order valence-corrected chi connectivity index (χ0v) is 15.9. The number of nitrogens with one attached hydrogen (secondary N) is 1. The van der Waals surface area contributed by atoms with Crippen molar-refractivity contribution in [3.8, 4) is 0 Å². The van der Waals surface area contributed by atoms with Gasteiger partial charge in [-0.05, 0) is 49.3 Å². The van der Waals surface area contributed by atoms with E-state index in [1.54, 1.807) is 11.1 Å². The lowest BCUT2D eigenvalue weighted by molar-refractivity contribution is -0.116. The summed E-state index contributed by atoms with van der Waals surface area (Å²) in [6, 6.07) is 7.81. The Bertz CT molecular complexity index is 724. The van der Waals surface area contributed by atoms with Gasteiger partial charge >= 0.3 is 0 Å². The van der Waals surface area contributed by atoms with Crippen molar-refractivity contribution in [1.29, 1.82) is 0 Å². The first-order valence-corrected chi connectivity index (χ1v) is 10.1. The number of amides is 2. The van der Waals surface area contributed by atoms with Gasteiger partial charge in [-0.15, -0.1) is 11.3 Å². The van der Waals surface area contributed by atoms with E-state index in [4.69, 9.17) is 0 Å². The topological polar surface area (TPSA) is 62.3 Å². The van der Waals surface area contributed by atoms with Crippen LogP contribution in [-0.4, -0.2) is 34.8 Å². The highest BCUT2D eigenvalue weighted by Crippen LogP contribution is 2.30. The molecule has 6 heteroatoms. The maximum atomic E-state index is 12.9. The molecule has 3 rings (SSSR count). The highest BCUT2D eigenvalue weighted by Gasteiger charge is 2.28. The number of carbonyl (C=O) groups is 2. The van der Waals surface area contributed by atoms with E-state index in [9.17, 15) is 9.59 Å². The molecule has 2 amide bonds. The molecule has 0 aliphatic heterocycles. The number of aromatic nitrogens is 1. The second-order valence-corrected chi connectivity index (χ2v) is 7.71. The van der Waals surface area contributed by atoms with Crippen LogP contribution in [0.2, 0.25) is 0 Å². The number of nitrogens with zero attached hydrogens (tertiary/aromatic N) is 2. The van der Waals surface area contributed by atoms with Crippen molar-refractivity contribution in [3.63, 3.8) is 0 Å². The molecule has 138 valence electrons. The van der Waals surface area contributed by atoms with Gasteiger partial charge in [0.25, 0.3) is 5.91 Å². The molecule has 0 unspecified atom stereocenters. The summed E-state index contributed by atoms with van der Waals surface area (Å²) >= 11 is 1.37. The molecule has 2 aromatic rings. The monoisotopic (exact) mass is 371 g/mol. The Morgan fingerprint density at radius 1 is 1.27 bits per heavy atom. The van der Waals surface area contributed by atoms with Gasteiger partial charge in [0, 0.05) is 23.7 Å². The minimum absolute atomic E-state index is 0.0620. The summed E-state index contributed by atoms with van der Waals surface area (Å²) in [5.74, 6) is 0.247. The Labute approximate surface area is 158 Å². The van der Waals surface area contributed by atoms with Gasteiger partial charge in [0.15, 0.2) is 5.13 Å². The zero-order valence-electron chi connectivity index (χ0n) is 15.1. The van der Waals surface area contributed by atoms with Crippen LogP contribution in [0.15, 0.2) is 35.8 Å². The summed E-state index contributed by atoms with van der Waals surface area (Å²) in [4.78, 5) is 30.9. The van der Waals surface area contributed by atoms with Crippen molar-refractivity contribution in [2.45, 2.75) is 39.0 Å². The van der Waals surface area contributed by atoms with E-state index in [0.717, 1.165) is 32.1 Å². The number of benzene rings is 1. The minimum atomic E-state index is -0.200. The maximum absolute atomic E-state index is 12.9. The average Bonchev–Trinajstić information content (AvgIpc) is 3.32. The second-order valence-electron chi connectivity index (χ2n) is 6.81. The van der Waals surface area contributed by atoms with E-state index in [1.165, 1.54) is 16.9 Å². The lowest BCUT2D eigenvalue weighted by atomic mass is 10.1. The summed E-state index contributed by atoms with van der Waals surface area (Å²) in [5.41, 5.74) is 1.90. The molecule has 1 saturated carbocycles. The van der Waals surface area contributed by atoms with Gasteiger partial charge in [-0.2, -0.15) is 0 Å². The number of carbonyl (C=O) groups excluding carboxylic acids is 2. The van der Waals surface area contributed by atoms with Crippen LogP contribution in [0, 0.1) is 5.92 Å². The van der Waals surface area contributed by atoms with Crippen LogP contribution in [0.5, 0.6) is 0 Å². The molecule has 0 atom stereocenters. The standard InChI is InChI=1S/C20H25N3O2S/c1-2-3-4-15-7-9-17(10-8-15)19(25)23(13-16-5-6-16)14-18(24)22-20-21-11-12-26-20/h7-12,16H,2-6,13-14H2,1H3,(H,21,22,24). The summed E-state index contributed by atoms with van der Waals surface area (Å²) in [7, 11) is 0. The van der Waals surface area contributed by atoms with Crippen LogP contribution < -0.4 is 5.32 Å². The fourth-order valence-electron chi connectivity index (χ4n) is 2.83. The van der Waals surface area contributed by atoms with Crippen molar-refractivity contribution in [1.82, 2.24) is 9.88 Å². The van der Waals surface area contributed by atoms with Crippen LogP contribution in [-0.2, 0) is 11.2 Å². The van der Waals surface area contributed by atoms with Crippen LogP contribution in [0.25, 0.3) is 0 Å². The van der Waals surface area contributed by atoms with Crippen molar-refractivity contribution < 1.29 is 9.59 Å². The summed E-state index contributed by atoms with van der Waals surface area (Å²) in [6.07, 6.45) is 7.25. The molecule has 1 aliphatic carbocycles. The Hall–Kier alpha value is -2.21. The molecule has 0 radical (unpaired) electrons. The number of anilines is 1. The molecule has 1 aromatic heterocycles. The SMILES string of the molecule is CCCCc1ccc(C(=O)N(CC(=O)Nc2nccs2)CC2CC2)cc1. The zero-order chi connectivity index (χ0) is 18.4. The van der Waals surface area contributed by atoms with Crippen LogP contribution in [0.4, 0.5) is 5.13 Å². The van der Waals surface area contributed by atoms with E-state index in [0.29, 0.717) is 23.2 Å². The molecule has 5 nitrogen and oxygen atoms in total. The quantitative estimate of drug-likeness (QED) is 0.725. The fourth-order valence-corrected chi connectivity index (χ4v) is 3.37. The maximum Gasteiger partial charge on any atom is 0.254 e. The number of unbranched alkanes of at least 4 members (excludes halogenated alkanes) is 1. The number of hydrogen-bond acceptors (Lipinski definition) is 4. The van der Waals surface area contributed by atoms with Gasteiger partial charge in [-0.25, -0.2) is 4.98 Å². The van der Waals surface area contributed by atoms with Gasteiger partial charge in [-0.1, -0.05) is 25.5 Å². The van der Waals surface area contributed by atoms with Crippen molar-refractivity contribution in [3.05, 3.63) is 47.0 Å². The van der Waals surface area contributed by atoms with Gasteiger partial charge in [0.05, 0.1) is 0 Å². The third-order valence-electron chi connectivity index (χ3n) is 4.50. The van der Waals surface area contributed by atoms with E-state index in [2.05, 4.69) is 17.2 Å². The highest BCUT2D eigenvalue weighted by molar-refractivity contribution is 7.13. The van der Waals surface area contributed by atoms with Gasteiger partial charge in [0.2, 0.25) is 5.91 Å². The summed E-state index contributed by atoms with van der Waals surface area (Å²) < 4.78 is 0. The highest BCUT2D eigenvalue weighted by atomic mass is 32.1. The van der Waals surface area contributed by atoms with Crippen molar-refractivity contribution >= 4 is 28.3 Å². The first-order chi connectivity index (χ1) is 12.7. The smallest absolute Gasteiger partial charge is 0.254 e. The molecule has 1 fully saturated rings. The van der Waals surface area contributed by atoms with Crippen molar-refractivity contribution in [2.75, 3.05) is 18.4 Å². The summed E-state index contributed by atoms with van der Waals surface area (Å²) in [6.45, 7) is 2.87. The lowest BCUT2D eigenvalue weighted by Gasteiger charge is -2.22. The van der Waals surface area contributed by atoms with Gasteiger partial charge in [0.1, 0.15) is 6.54 Å². The number of aryl methyl sites for hydroxylation is 1. The molecule has 0 saturated heterocycles. The molecule has 1 aliphatic rings. The Kier molecular flexibility index (Phi) is 6.39. The molecule has 26 heavy (non-hydrogen) atoms. The van der Waals surface area contributed by atoms with E-state index < -0.39 is 0 Å². The minimum Gasteiger partial charge on any atom is -0.329 e. The van der Waals surface area contributed by atoms with Gasteiger partial charge in [-0.3, -0.25) is 9.59 Å². The first-order valence-electron chi connectivity index (χ1n) is 9.23. The van der Waals surface area contributed by atoms with Crippen LogP contribution in [0.1, 0.15) is 48.5 Å². The lowest BCUT2D eigenvalue weighted by Crippen LogP contribution is -2.39. The Morgan fingerprint density at radius 2 is 2.04 bits per heavy atom. The molecular weight excluding hydrogens is 346 g/mol. The molecule has 0 bridgehead atoms. The Balaban J connectivity index is 1.63. The second kappa shape index (κ2) is 8.94. The molecule has 1 N–H and O–H groups in total. The first kappa shape index (κ1) is 18.6. The van der Waals surface area contributed by atoms with E-state index >= 15 is 0 Å². The van der Waals surface area contributed by atoms with E-state index in [-0.39, 0.29) is 18.4 Å². The fraction of sp³-hybridized carbons (Fsp3) is 0.450. The third-order valence-corrected chi connectivity index (χ3v) is 5.18. The molecule has 1 aromatic carbocycles. The number of rotatable bonds is 9. The normalized spacial score (nSPS) is 13.4. The van der Waals surface area contributed by atoms with E-state index in [1.807, 2.05) is 29.6 Å². The average molecular weight is 372 g/mol. The largest absolute Gasteiger partial charge is 0.329 e. The van der Waals surface area contributed by atoms with Crippen LogP contribution >= 0.6 is 11.3 Å². The number of thiazole rings is 1. The molecule has 1 heterocycles. The third kappa shape index (κ3) is 5.39. The predicted octanol–water partition coefficient (Wildman–Crippen LogP) is 3.98. The molecule has 0 spiro atoms. The van der Waals surface area contributed by atoms with Crippen LogP contribution in [0.3, 0.4) is 0 Å². The molecular formula is C20H25N3O2S. The number of hydrogen-bond donors (Lipinski definition) is 1.